The number of fused-ring (bicyclic) bond motifs is 4. The summed E-state index contributed by atoms with van der Waals surface area (Å²) >= 11 is 0. The summed E-state index contributed by atoms with van der Waals surface area (Å²) < 4.78 is 26.9. The molecule has 25 nitrogen and oxygen atoms in total. The minimum atomic E-state index is -2.01. The Hall–Kier alpha value is -8.46. The Morgan fingerprint density at radius 1 is 0.889 bits per heavy atom. The molecule has 0 spiro atoms. The van der Waals surface area contributed by atoms with Gasteiger partial charge in [-0.3, -0.25) is 48.1 Å². The van der Waals surface area contributed by atoms with Crippen molar-refractivity contribution >= 4 is 75.8 Å². The van der Waals surface area contributed by atoms with Gasteiger partial charge in [0.2, 0.25) is 35.4 Å². The van der Waals surface area contributed by atoms with Crippen molar-refractivity contribution in [3.63, 3.8) is 0 Å². The number of aromatic nitrogens is 1. The number of cyclic esters (lactones) is 1. The molecule has 2 aliphatic carbocycles. The lowest BCUT2D eigenvalue weighted by atomic mass is 9.81. The van der Waals surface area contributed by atoms with E-state index >= 15 is 4.39 Å². The number of aryl methyl sites for hydroxylation is 1. The van der Waals surface area contributed by atoms with Crippen LogP contribution in [0.1, 0.15) is 78.6 Å². The molecule has 0 bridgehead atoms. The molecule has 10 N–H and O–H groups in total. The number of ether oxygens (including phenoxy) is 2. The summed E-state index contributed by atoms with van der Waals surface area (Å²) in [4.78, 5) is 136. The van der Waals surface area contributed by atoms with Crippen LogP contribution in [0.3, 0.4) is 0 Å². The van der Waals surface area contributed by atoms with Crippen molar-refractivity contribution in [2.24, 2.45) is 5.92 Å². The first-order valence-corrected chi connectivity index (χ1v) is 26.5. The monoisotopic (exact) mass is 1120 g/mol. The van der Waals surface area contributed by atoms with Gasteiger partial charge in [-0.1, -0.05) is 50.1 Å². The molecule has 1 aromatic heterocycles. The summed E-state index contributed by atoms with van der Waals surface area (Å²) in [6, 6.07) is 6.57. The lowest BCUT2D eigenvalue weighted by Crippen LogP contribution is -2.56. The van der Waals surface area contributed by atoms with E-state index in [1.807, 2.05) is 0 Å². The SMILES string of the molecule is CC[C@@]1(O)C(=O)OCC2=C1C=C1c3nc4cc(F)c(C)c5c4c(c3CN1C2O)[C@H](NC(=O)[C@@H](CC1CC1)OCNC(=O)CNC(=O)[C@H](Cc1ccccc1)NC(=O)CNC(=O)CNC(=O)[C@@H](CNCC(=O)O)N1C(=O)C=CC1=O)CC5. The Balaban J connectivity index is 0.807. The fraction of sp³-hybridized carbons (Fsp3) is 0.436. The van der Waals surface area contributed by atoms with Gasteiger partial charge in [-0.15, -0.1) is 0 Å². The van der Waals surface area contributed by atoms with Gasteiger partial charge < -0.3 is 66.9 Å². The first kappa shape index (κ1) is 57.2. The maximum absolute atomic E-state index is 15.6. The van der Waals surface area contributed by atoms with E-state index in [9.17, 15) is 58.2 Å². The first-order chi connectivity index (χ1) is 38.8. The standard InChI is InChI=1S/C55H61FN10O15/c1-3-55(79)33-17-38-49-31(24-65(38)53(77)32(33)25-80-54(55)78)48-35(12-11-30-27(2)34(56)18-36(63-49)47(30)48)64-52(76)40(16-29-9-10-29)81-26-61-42(68)21-59-50(74)37(15-28-7-5-4-6-8-28)62-43(69)22-58-41(67)20-60-51(75)39(19-57-23-46(72)73)66-44(70)13-14-45(66)71/h4-8,13-14,17-18,29,35,37,39-40,53,57,77,79H,3,9-12,15-16,19-26H2,1-2H3,(H,58,67)(H,59,74)(H,60,75)(H,61,68)(H,62,69)(H,64,76)(H,72,73)/t35-,37+,39-,40-,53?,55+/m1/s1. The van der Waals surface area contributed by atoms with Gasteiger partial charge >= 0.3 is 11.9 Å². The number of hydrogen-bond donors (Lipinski definition) is 10. The number of aliphatic hydroxyl groups excluding tert-OH is 1. The van der Waals surface area contributed by atoms with E-state index < -0.39 is 141 Å². The predicted octanol–water partition coefficient (Wildman–Crippen LogP) is -1.43. The molecule has 1 saturated carbocycles. The van der Waals surface area contributed by atoms with Gasteiger partial charge in [0.15, 0.2) is 11.8 Å². The summed E-state index contributed by atoms with van der Waals surface area (Å²) in [6.07, 6.45) is 4.00. The molecule has 0 saturated heterocycles. The maximum atomic E-state index is 15.6. The minimum absolute atomic E-state index is 0.0195. The number of carboxylic acids is 1. The van der Waals surface area contributed by atoms with Crippen LogP contribution < -0.4 is 37.2 Å². The molecule has 1 fully saturated rings. The molecule has 26 heteroatoms. The lowest BCUT2D eigenvalue weighted by molar-refractivity contribution is -0.164. The molecule has 6 aliphatic rings. The highest BCUT2D eigenvalue weighted by Crippen LogP contribution is 2.49. The van der Waals surface area contributed by atoms with Gasteiger partial charge in [-0.25, -0.2) is 14.2 Å². The summed E-state index contributed by atoms with van der Waals surface area (Å²) in [5.74, 6) is -8.57. The highest BCUT2D eigenvalue weighted by Gasteiger charge is 2.50. The van der Waals surface area contributed by atoms with Crippen molar-refractivity contribution < 1.29 is 77.1 Å². The van der Waals surface area contributed by atoms with E-state index in [0.29, 0.717) is 74.3 Å². The largest absolute Gasteiger partial charge is 0.480 e. The quantitative estimate of drug-likeness (QED) is 0.0279. The van der Waals surface area contributed by atoms with Crippen LogP contribution in [-0.2, 0) is 76.8 Å². The van der Waals surface area contributed by atoms with Crippen molar-refractivity contribution in [1.29, 1.82) is 0 Å². The highest BCUT2D eigenvalue weighted by atomic mass is 19.1. The van der Waals surface area contributed by atoms with Gasteiger partial charge in [0.25, 0.3) is 11.8 Å². The molecular formula is C55H61FN10O15. The molecule has 8 amide bonds. The van der Waals surface area contributed by atoms with Crippen molar-refractivity contribution in [3.8, 4) is 0 Å². The second kappa shape index (κ2) is 24.1. The number of carbonyl (C=O) groups is 10. The zero-order valence-corrected chi connectivity index (χ0v) is 44.2. The highest BCUT2D eigenvalue weighted by molar-refractivity contribution is 6.15. The number of imide groups is 1. The van der Waals surface area contributed by atoms with E-state index in [1.54, 1.807) is 55.2 Å². The average molecular weight is 1120 g/mol. The second-order valence-corrected chi connectivity index (χ2v) is 20.6. The van der Waals surface area contributed by atoms with Crippen molar-refractivity contribution in [1.82, 2.24) is 52.0 Å². The number of carboxylic acid groups (broad SMARTS) is 1. The van der Waals surface area contributed by atoms with Gasteiger partial charge in [-0.2, -0.15) is 0 Å². The first-order valence-electron chi connectivity index (χ1n) is 26.5. The maximum Gasteiger partial charge on any atom is 0.343 e. The fourth-order valence-electron chi connectivity index (χ4n) is 10.8. The van der Waals surface area contributed by atoms with Gasteiger partial charge in [0, 0.05) is 59.8 Å². The zero-order chi connectivity index (χ0) is 57.9. The number of halogens is 1. The number of benzene rings is 2. The summed E-state index contributed by atoms with van der Waals surface area (Å²) in [7, 11) is 0. The van der Waals surface area contributed by atoms with Crippen LogP contribution in [0.5, 0.6) is 0 Å². The summed E-state index contributed by atoms with van der Waals surface area (Å²) in [6.45, 7) is -0.158. The molecular weight excluding hydrogens is 1060 g/mol. The second-order valence-electron chi connectivity index (χ2n) is 20.6. The molecule has 1 unspecified atom stereocenters. The number of nitrogens with one attached hydrogen (secondary N) is 7. The van der Waals surface area contributed by atoms with E-state index in [2.05, 4.69) is 37.2 Å². The average Bonchev–Trinajstić information content (AvgIpc) is 4.32. The Bertz CT molecular complexity index is 3200. The third-order valence-electron chi connectivity index (χ3n) is 15.2. The van der Waals surface area contributed by atoms with Crippen LogP contribution in [0.25, 0.3) is 16.6 Å². The lowest BCUT2D eigenvalue weighted by Gasteiger charge is -2.40. The number of carbonyl (C=O) groups excluding carboxylic acids is 9. The van der Waals surface area contributed by atoms with Crippen LogP contribution in [0.15, 0.2) is 65.8 Å². The molecule has 428 valence electrons. The van der Waals surface area contributed by atoms with E-state index in [-0.39, 0.29) is 37.5 Å². The third-order valence-corrected chi connectivity index (χ3v) is 15.2. The number of nitrogens with zero attached hydrogens (tertiary/aromatic N) is 3. The third kappa shape index (κ3) is 12.3. The molecule has 4 aliphatic heterocycles. The molecule has 3 aromatic rings. The zero-order valence-electron chi connectivity index (χ0n) is 44.2. The molecule has 9 rings (SSSR count). The van der Waals surface area contributed by atoms with E-state index in [0.717, 1.165) is 30.6 Å². The van der Waals surface area contributed by atoms with E-state index in [1.165, 1.54) is 6.07 Å². The molecule has 0 radical (unpaired) electrons. The van der Waals surface area contributed by atoms with Crippen molar-refractivity contribution in [2.75, 3.05) is 46.1 Å². The smallest absolute Gasteiger partial charge is 0.343 e. The molecule has 6 atom stereocenters. The van der Waals surface area contributed by atoms with Gasteiger partial charge in [0.1, 0.15) is 37.3 Å². The number of rotatable bonds is 24. The molecule has 2 aromatic carbocycles. The van der Waals surface area contributed by atoms with E-state index in [4.69, 9.17) is 19.6 Å². The number of esters is 1. The number of aliphatic carboxylic acids is 1. The number of pyridine rings is 1. The predicted molar refractivity (Wildman–Crippen MR) is 280 cm³/mol. The fourth-order valence-corrected chi connectivity index (χ4v) is 10.8. The van der Waals surface area contributed by atoms with Crippen LogP contribution in [0.2, 0.25) is 0 Å². The van der Waals surface area contributed by atoms with Crippen molar-refractivity contribution in [2.45, 2.75) is 101 Å². The van der Waals surface area contributed by atoms with Crippen LogP contribution in [0, 0.1) is 18.7 Å². The Kier molecular flexibility index (Phi) is 17.0. The Morgan fingerprint density at radius 3 is 2.27 bits per heavy atom. The van der Waals surface area contributed by atoms with Crippen LogP contribution in [0.4, 0.5) is 4.39 Å². The van der Waals surface area contributed by atoms with Gasteiger partial charge in [-0.05, 0) is 66.9 Å². The number of aliphatic hydroxyl groups is 2. The number of amides is 8. The normalized spacial score (nSPS) is 20.8. The molecule has 5 heterocycles. The molecule has 81 heavy (non-hydrogen) atoms. The topological polar surface area (TPSA) is 353 Å². The Morgan fingerprint density at radius 2 is 1.58 bits per heavy atom. The van der Waals surface area contributed by atoms with Crippen molar-refractivity contribution in [3.05, 3.63) is 105 Å². The number of hydrogen-bond acceptors (Lipinski definition) is 17. The van der Waals surface area contributed by atoms with Crippen LogP contribution in [-0.4, -0.2) is 165 Å². The van der Waals surface area contributed by atoms with Gasteiger partial charge in [0.05, 0.1) is 49.1 Å². The minimum Gasteiger partial charge on any atom is -0.480 e. The summed E-state index contributed by atoms with van der Waals surface area (Å²) in [5, 5.41) is 50.7. The summed E-state index contributed by atoms with van der Waals surface area (Å²) in [5.41, 5.74) is 2.90. The van der Waals surface area contributed by atoms with Crippen LogP contribution >= 0.6 is 0 Å². The Labute approximate surface area is 462 Å².